The smallest absolute Gasteiger partial charge is 0.149 e. The standard InChI is InChI=1S/C32H18Cl16N8/c33-9-1-2(10(34)18(42)17(9)41)26-49-25(1)53-27-3-4(12(36)20(44)19(43)11(3)35)29(50-27)55-31-7-8(16(40)24(48)23(47)15(7)39)32(52-31)56-30-6-5(28(51-30)54-26)13(37)21(45)22(46)14(6)38/h1-2,7-10,15-18,23-25,31,51H,(H,49,54)(H,52,56)(H,50,53,55). The molecule has 14 unspecified atom stereocenters. The summed E-state index contributed by atoms with van der Waals surface area (Å²) in [6, 6.07) is 0. The van der Waals surface area contributed by atoms with Crippen LogP contribution in [0.1, 0.15) is 0 Å². The van der Waals surface area contributed by atoms with Crippen molar-refractivity contribution in [1.29, 1.82) is 0 Å². The van der Waals surface area contributed by atoms with E-state index in [1.165, 1.54) is 0 Å². The van der Waals surface area contributed by atoms with Gasteiger partial charge in [-0.1, -0.05) is 92.8 Å². The maximum Gasteiger partial charge on any atom is 0.149 e. The lowest BCUT2D eigenvalue weighted by atomic mass is 9.77. The zero-order chi connectivity index (χ0) is 40.1. The lowest BCUT2D eigenvalue weighted by Crippen LogP contribution is -2.54. The molecule has 2 aliphatic carbocycles. The van der Waals surface area contributed by atoms with E-state index in [2.05, 4.69) is 20.6 Å². The molecule has 0 saturated heterocycles. The van der Waals surface area contributed by atoms with Crippen molar-refractivity contribution in [3.05, 3.63) is 51.2 Å². The molecule has 3 aliphatic heterocycles. The Kier molecular flexibility index (Phi) is 11.4. The van der Waals surface area contributed by atoms with Gasteiger partial charge in [-0.25, -0.2) is 20.0 Å². The Balaban J connectivity index is 1.38. The van der Waals surface area contributed by atoms with E-state index in [-0.39, 0.29) is 51.2 Å². The minimum Gasteiger partial charge on any atom is -0.329 e. The van der Waals surface area contributed by atoms with Gasteiger partial charge in [0.15, 0.2) is 0 Å². The number of aromatic amines is 2. The predicted octanol–water partition coefficient (Wildman–Crippen LogP) is 12.5. The molecule has 2 fully saturated rings. The molecule has 0 spiro atoms. The number of fused-ring (bicyclic) bond motifs is 18. The summed E-state index contributed by atoms with van der Waals surface area (Å²) in [5.41, 5.74) is 0.412. The number of hydrogen-bond donors (Lipinski definition) is 4. The van der Waals surface area contributed by atoms with Crippen LogP contribution in [0.4, 0.5) is 11.6 Å². The van der Waals surface area contributed by atoms with Crippen LogP contribution in [0.3, 0.4) is 0 Å². The van der Waals surface area contributed by atoms with E-state index in [1.54, 1.807) is 0 Å². The van der Waals surface area contributed by atoms with Crippen molar-refractivity contribution in [2.45, 2.75) is 55.3 Å². The van der Waals surface area contributed by atoms with E-state index in [4.69, 9.17) is 206 Å². The van der Waals surface area contributed by atoms with Crippen LogP contribution in [-0.4, -0.2) is 77.0 Å². The van der Waals surface area contributed by atoms with Crippen LogP contribution < -0.4 is 21.6 Å². The number of H-pyrrole nitrogens is 2. The molecular formula is C32H18Cl16N8. The van der Waals surface area contributed by atoms with Gasteiger partial charge >= 0.3 is 0 Å². The van der Waals surface area contributed by atoms with Crippen molar-refractivity contribution in [2.24, 2.45) is 43.6 Å². The molecule has 0 radical (unpaired) electrons. The van der Waals surface area contributed by atoms with Crippen molar-refractivity contribution in [2.75, 3.05) is 10.6 Å². The number of amidine groups is 2. The summed E-state index contributed by atoms with van der Waals surface area (Å²) >= 11 is 110. The second kappa shape index (κ2) is 15.2. The van der Waals surface area contributed by atoms with Crippen LogP contribution in [0.25, 0.3) is 21.5 Å². The van der Waals surface area contributed by atoms with Gasteiger partial charge in [-0.2, -0.15) is 0 Å². The molecule has 0 amide bonds. The summed E-state index contributed by atoms with van der Waals surface area (Å²) in [7, 11) is 0. The molecule has 5 heterocycles. The SMILES string of the molecule is Clc1c(Cl)c(Cl)c2c3[nH]c(c2c1Cl)NC1=NC(/N=c2\[nH]/c(c4c(Cl)c(Cl)c(Cl)c(Cl)c24)=N\C2N=C(N3)C3C(Cl)C(Cl)C(Cl)C(Cl)C23)C2C(Cl)C(Cl)C(Cl)C(Cl)C12. The molecule has 298 valence electrons. The topological polar surface area (TPSA) is 105 Å². The largest absolute Gasteiger partial charge is 0.329 e. The Morgan fingerprint density at radius 1 is 0.339 bits per heavy atom. The van der Waals surface area contributed by atoms with Crippen LogP contribution in [0.5, 0.6) is 0 Å². The lowest BCUT2D eigenvalue weighted by Gasteiger charge is -2.41. The monoisotopic (exact) mass is 1070 g/mol. The second-order valence-electron chi connectivity index (χ2n) is 13.8. The number of alkyl halides is 8. The summed E-state index contributed by atoms with van der Waals surface area (Å²) < 4.78 is 0. The van der Waals surface area contributed by atoms with Gasteiger partial charge in [0.2, 0.25) is 0 Å². The van der Waals surface area contributed by atoms with Crippen molar-refractivity contribution in [1.82, 2.24) is 9.97 Å². The van der Waals surface area contributed by atoms with Crippen LogP contribution in [-0.2, 0) is 0 Å². The van der Waals surface area contributed by atoms with Gasteiger partial charge in [0.25, 0.3) is 0 Å². The first-order valence-electron chi connectivity index (χ1n) is 16.4. The van der Waals surface area contributed by atoms with Crippen LogP contribution in [0, 0.1) is 23.7 Å². The number of nitrogens with one attached hydrogen (secondary N) is 4. The van der Waals surface area contributed by atoms with E-state index in [0.717, 1.165) is 0 Å². The second-order valence-corrected chi connectivity index (χ2v) is 20.9. The van der Waals surface area contributed by atoms with Gasteiger partial charge in [-0.15, -0.1) is 92.8 Å². The third kappa shape index (κ3) is 6.11. The van der Waals surface area contributed by atoms with E-state index >= 15 is 0 Å². The minimum absolute atomic E-state index is 0.00135. The normalized spacial score (nSPS) is 37.5. The molecule has 4 N–H and O–H groups in total. The fourth-order valence-corrected chi connectivity index (χ4v) is 13.8. The highest BCUT2D eigenvalue weighted by Crippen LogP contribution is 2.53. The van der Waals surface area contributed by atoms with Crippen molar-refractivity contribution >= 4 is 230 Å². The molecule has 8 bridgehead atoms. The average Bonchev–Trinajstić information content (AvgIpc) is 3.92. The summed E-state index contributed by atoms with van der Waals surface area (Å²) in [4.78, 5) is 26.8. The number of aliphatic imine (C=N–C) groups is 2. The van der Waals surface area contributed by atoms with Crippen molar-refractivity contribution in [3.63, 3.8) is 0 Å². The highest BCUT2D eigenvalue weighted by Gasteiger charge is 2.58. The number of rotatable bonds is 0. The number of aromatic nitrogens is 2. The Labute approximate surface area is 397 Å². The molecule has 24 heteroatoms. The third-order valence-corrected chi connectivity index (χ3v) is 19.7. The van der Waals surface area contributed by atoms with Gasteiger partial charge in [-0.05, 0) is 0 Å². The molecule has 14 atom stereocenters. The van der Waals surface area contributed by atoms with Gasteiger partial charge in [0, 0.05) is 45.2 Å². The fourth-order valence-electron chi connectivity index (χ4n) is 8.37. The van der Waals surface area contributed by atoms with Crippen LogP contribution in [0.2, 0.25) is 40.2 Å². The maximum absolute atomic E-state index is 7.10. The first-order valence-corrected chi connectivity index (χ1v) is 22.9. The molecule has 4 aromatic rings. The molecule has 2 saturated carbocycles. The zero-order valence-electron chi connectivity index (χ0n) is 26.9. The third-order valence-electron chi connectivity index (χ3n) is 11.0. The molecule has 8 nitrogen and oxygen atoms in total. The zero-order valence-corrected chi connectivity index (χ0v) is 39.0. The maximum atomic E-state index is 7.10. The quantitative estimate of drug-likeness (QED) is 0.0800. The van der Waals surface area contributed by atoms with Gasteiger partial charge in [0.05, 0.1) is 83.2 Å². The molecule has 56 heavy (non-hydrogen) atoms. The summed E-state index contributed by atoms with van der Waals surface area (Å²) in [6.45, 7) is 0. The summed E-state index contributed by atoms with van der Waals surface area (Å²) in [6.07, 6.45) is -1.86. The van der Waals surface area contributed by atoms with Gasteiger partial charge in [-0.3, -0.25) is 0 Å². The number of anilines is 2. The summed E-state index contributed by atoms with van der Waals surface area (Å²) in [5.74, 6) is -1.13. The Morgan fingerprint density at radius 2 is 0.661 bits per heavy atom. The number of nitrogens with zero attached hydrogens (tertiary/aromatic N) is 4. The molecule has 2 aromatic carbocycles. The molecular weight excluding hydrogens is 1060 g/mol. The average molecular weight is 1080 g/mol. The number of benzene rings is 2. The van der Waals surface area contributed by atoms with Crippen LogP contribution in [0.15, 0.2) is 20.0 Å². The Hall–Kier alpha value is 0.700. The van der Waals surface area contributed by atoms with E-state index < -0.39 is 79.0 Å². The van der Waals surface area contributed by atoms with E-state index in [9.17, 15) is 0 Å². The minimum atomic E-state index is -0.930. The first kappa shape index (κ1) is 42.0. The van der Waals surface area contributed by atoms with Gasteiger partial charge < -0.3 is 20.6 Å². The van der Waals surface area contributed by atoms with E-state index in [1.807, 2.05) is 0 Å². The number of hydrogen-bond acceptors (Lipinski definition) is 6. The van der Waals surface area contributed by atoms with Crippen molar-refractivity contribution < 1.29 is 0 Å². The predicted molar refractivity (Wildman–Crippen MR) is 240 cm³/mol. The molecule has 9 rings (SSSR count). The van der Waals surface area contributed by atoms with E-state index in [0.29, 0.717) is 44.9 Å². The van der Waals surface area contributed by atoms with Crippen LogP contribution >= 0.6 is 186 Å². The van der Waals surface area contributed by atoms with Crippen molar-refractivity contribution in [3.8, 4) is 0 Å². The molecule has 5 aliphatic rings. The highest BCUT2D eigenvalue weighted by molar-refractivity contribution is 6.57. The fraction of sp³-hybridized carbons (Fsp3) is 0.438. The first-order chi connectivity index (χ1) is 26.4. The Morgan fingerprint density at radius 3 is 1.02 bits per heavy atom. The van der Waals surface area contributed by atoms with Gasteiger partial charge in [0.1, 0.15) is 46.6 Å². The summed E-state index contributed by atoms with van der Waals surface area (Å²) in [5, 5.41) is 2.30. The number of halogens is 16. The molecule has 2 aromatic heterocycles. The highest BCUT2D eigenvalue weighted by atomic mass is 35.5. The Bertz CT molecular complexity index is 2390. The lowest BCUT2D eigenvalue weighted by molar-refractivity contribution is 0.299.